The molecule has 15 heavy (non-hydrogen) atoms. The molecule has 0 bridgehead atoms. The number of aliphatic hydroxyl groups excluding tert-OH is 1. The molecule has 1 aliphatic carbocycles. The zero-order valence-electron chi connectivity index (χ0n) is 9.39. The molecular weight excluding hydrogens is 188 g/mol. The van der Waals surface area contributed by atoms with Gasteiger partial charge >= 0.3 is 0 Å². The smallest absolute Gasteiger partial charge is 0.0543 e. The van der Waals surface area contributed by atoms with Crippen molar-refractivity contribution in [3.63, 3.8) is 0 Å². The lowest BCUT2D eigenvalue weighted by Crippen LogP contribution is -2.12. The van der Waals surface area contributed by atoms with Gasteiger partial charge in [0.05, 0.1) is 12.3 Å². The highest BCUT2D eigenvalue weighted by Crippen LogP contribution is 2.26. The average molecular weight is 208 g/mol. The van der Waals surface area contributed by atoms with Crippen LogP contribution in [0.5, 0.6) is 0 Å². The van der Waals surface area contributed by atoms with Crippen LogP contribution in [0.15, 0.2) is 12.4 Å². The Bertz CT molecular complexity index is 308. The topological polar surface area (TPSA) is 38.0 Å². The van der Waals surface area contributed by atoms with Gasteiger partial charge in [-0.15, -0.1) is 0 Å². The molecular formula is C12H20N2O. The van der Waals surface area contributed by atoms with Gasteiger partial charge in [-0.25, -0.2) is 0 Å². The largest absolute Gasteiger partial charge is 0.393 e. The second-order valence-corrected chi connectivity index (χ2v) is 4.77. The molecule has 0 amide bonds. The molecule has 0 spiro atoms. The zero-order chi connectivity index (χ0) is 10.7. The van der Waals surface area contributed by atoms with Crippen LogP contribution in [0.3, 0.4) is 0 Å². The molecule has 1 saturated carbocycles. The van der Waals surface area contributed by atoms with Gasteiger partial charge in [0.2, 0.25) is 0 Å². The van der Waals surface area contributed by atoms with Crippen LogP contribution in [0.25, 0.3) is 0 Å². The minimum atomic E-state index is -0.0748. The highest BCUT2D eigenvalue weighted by Gasteiger charge is 2.18. The van der Waals surface area contributed by atoms with E-state index in [1.54, 1.807) is 0 Å². The third-order valence-electron chi connectivity index (χ3n) is 3.29. The fourth-order valence-electron chi connectivity index (χ4n) is 2.53. The molecule has 1 heterocycles. The van der Waals surface area contributed by atoms with Crippen molar-refractivity contribution in [2.75, 3.05) is 0 Å². The lowest BCUT2D eigenvalue weighted by molar-refractivity contribution is 0.141. The summed E-state index contributed by atoms with van der Waals surface area (Å²) in [6.45, 7) is 0. The van der Waals surface area contributed by atoms with Crippen molar-refractivity contribution in [3.05, 3.63) is 18.0 Å². The van der Waals surface area contributed by atoms with E-state index in [9.17, 15) is 5.11 Å². The van der Waals surface area contributed by atoms with Crippen LogP contribution in [-0.2, 0) is 13.5 Å². The maximum Gasteiger partial charge on any atom is 0.0543 e. The SMILES string of the molecule is Cn1cc(CC2CCCCC(O)C2)cn1. The van der Waals surface area contributed by atoms with Crippen molar-refractivity contribution in [1.82, 2.24) is 9.78 Å². The first-order valence-electron chi connectivity index (χ1n) is 5.89. The minimum Gasteiger partial charge on any atom is -0.393 e. The summed E-state index contributed by atoms with van der Waals surface area (Å²) >= 11 is 0. The quantitative estimate of drug-likeness (QED) is 0.754. The second kappa shape index (κ2) is 4.79. The van der Waals surface area contributed by atoms with Crippen molar-refractivity contribution in [2.24, 2.45) is 13.0 Å². The van der Waals surface area contributed by atoms with E-state index in [4.69, 9.17) is 0 Å². The molecule has 84 valence electrons. The number of nitrogens with zero attached hydrogens (tertiary/aromatic N) is 2. The summed E-state index contributed by atoms with van der Waals surface area (Å²) in [4.78, 5) is 0. The normalized spacial score (nSPS) is 27.6. The molecule has 2 rings (SSSR count). The van der Waals surface area contributed by atoms with Crippen molar-refractivity contribution in [2.45, 2.75) is 44.6 Å². The Morgan fingerprint density at radius 3 is 3.00 bits per heavy atom. The van der Waals surface area contributed by atoms with E-state index in [0.717, 1.165) is 19.3 Å². The Kier molecular flexibility index (Phi) is 3.41. The number of hydrogen-bond acceptors (Lipinski definition) is 2. The molecule has 1 N–H and O–H groups in total. The van der Waals surface area contributed by atoms with Crippen LogP contribution in [0.2, 0.25) is 0 Å². The fraction of sp³-hybridized carbons (Fsp3) is 0.750. The van der Waals surface area contributed by atoms with Gasteiger partial charge < -0.3 is 5.11 Å². The van der Waals surface area contributed by atoms with E-state index in [0.29, 0.717) is 5.92 Å². The molecule has 0 aromatic carbocycles. The van der Waals surface area contributed by atoms with Crippen LogP contribution in [0.1, 0.15) is 37.7 Å². The van der Waals surface area contributed by atoms with Gasteiger partial charge in [0.25, 0.3) is 0 Å². The predicted octanol–water partition coefficient (Wildman–Crippen LogP) is 1.90. The molecule has 0 radical (unpaired) electrons. The summed E-state index contributed by atoms with van der Waals surface area (Å²) in [5.74, 6) is 0.645. The molecule has 0 saturated heterocycles. The van der Waals surface area contributed by atoms with Gasteiger partial charge in [0, 0.05) is 13.2 Å². The van der Waals surface area contributed by atoms with Crippen LogP contribution < -0.4 is 0 Å². The average Bonchev–Trinajstić information content (AvgIpc) is 2.46. The Morgan fingerprint density at radius 1 is 1.47 bits per heavy atom. The monoisotopic (exact) mass is 208 g/mol. The van der Waals surface area contributed by atoms with E-state index < -0.39 is 0 Å². The number of aryl methyl sites for hydroxylation is 1. The van der Waals surface area contributed by atoms with Crippen molar-refractivity contribution >= 4 is 0 Å². The lowest BCUT2D eigenvalue weighted by atomic mass is 9.93. The second-order valence-electron chi connectivity index (χ2n) is 4.77. The number of rotatable bonds is 2. The molecule has 3 nitrogen and oxygen atoms in total. The summed E-state index contributed by atoms with van der Waals surface area (Å²) in [6, 6.07) is 0. The Labute approximate surface area is 91.1 Å². The Morgan fingerprint density at radius 2 is 2.27 bits per heavy atom. The molecule has 1 aromatic rings. The first kappa shape index (κ1) is 10.7. The summed E-state index contributed by atoms with van der Waals surface area (Å²) < 4.78 is 1.85. The lowest BCUT2D eigenvalue weighted by Gasteiger charge is -2.15. The van der Waals surface area contributed by atoms with Crippen molar-refractivity contribution < 1.29 is 5.11 Å². The van der Waals surface area contributed by atoms with Crippen LogP contribution in [0.4, 0.5) is 0 Å². The number of aromatic nitrogens is 2. The first-order chi connectivity index (χ1) is 7.24. The highest BCUT2D eigenvalue weighted by molar-refractivity contribution is 5.04. The van der Waals surface area contributed by atoms with E-state index in [1.165, 1.54) is 24.8 Å². The van der Waals surface area contributed by atoms with Gasteiger partial charge in [-0.1, -0.05) is 19.3 Å². The van der Waals surface area contributed by atoms with Gasteiger partial charge in [0.1, 0.15) is 0 Å². The van der Waals surface area contributed by atoms with Crippen molar-refractivity contribution in [1.29, 1.82) is 0 Å². The predicted molar refractivity (Wildman–Crippen MR) is 59.5 cm³/mol. The third-order valence-corrected chi connectivity index (χ3v) is 3.29. The van der Waals surface area contributed by atoms with Crippen LogP contribution >= 0.6 is 0 Å². The van der Waals surface area contributed by atoms with Gasteiger partial charge in [-0.3, -0.25) is 4.68 Å². The molecule has 0 aliphatic heterocycles. The number of aliphatic hydroxyl groups is 1. The third kappa shape index (κ3) is 3.06. The number of hydrogen-bond donors (Lipinski definition) is 1. The van der Waals surface area contributed by atoms with Crippen LogP contribution in [-0.4, -0.2) is 21.0 Å². The fourth-order valence-corrected chi connectivity index (χ4v) is 2.53. The zero-order valence-corrected chi connectivity index (χ0v) is 9.39. The summed E-state index contributed by atoms with van der Waals surface area (Å²) in [5.41, 5.74) is 1.30. The molecule has 2 atom stereocenters. The summed E-state index contributed by atoms with van der Waals surface area (Å²) in [6.07, 6.45) is 10.7. The molecule has 1 fully saturated rings. The van der Waals surface area contributed by atoms with Crippen molar-refractivity contribution in [3.8, 4) is 0 Å². The molecule has 3 heteroatoms. The Balaban J connectivity index is 1.92. The summed E-state index contributed by atoms with van der Waals surface area (Å²) in [5, 5.41) is 13.9. The molecule has 1 aromatic heterocycles. The van der Waals surface area contributed by atoms with E-state index in [-0.39, 0.29) is 6.10 Å². The van der Waals surface area contributed by atoms with E-state index in [1.807, 2.05) is 17.9 Å². The van der Waals surface area contributed by atoms with E-state index >= 15 is 0 Å². The van der Waals surface area contributed by atoms with Gasteiger partial charge in [-0.2, -0.15) is 5.10 Å². The standard InChI is InChI=1S/C12H20N2O/c1-14-9-11(8-13-14)6-10-4-2-3-5-12(15)7-10/h8-10,12,15H,2-7H2,1H3. The minimum absolute atomic E-state index is 0.0748. The molecule has 2 unspecified atom stereocenters. The van der Waals surface area contributed by atoms with Crippen LogP contribution in [0, 0.1) is 5.92 Å². The van der Waals surface area contributed by atoms with Gasteiger partial charge in [-0.05, 0) is 30.7 Å². The van der Waals surface area contributed by atoms with Gasteiger partial charge in [0.15, 0.2) is 0 Å². The summed E-state index contributed by atoms with van der Waals surface area (Å²) in [7, 11) is 1.95. The van der Waals surface area contributed by atoms with E-state index in [2.05, 4.69) is 11.3 Å². The Hall–Kier alpha value is -0.830. The highest BCUT2D eigenvalue weighted by atomic mass is 16.3. The maximum atomic E-state index is 9.72. The maximum absolute atomic E-state index is 9.72. The first-order valence-corrected chi connectivity index (χ1v) is 5.89. The molecule has 1 aliphatic rings.